The van der Waals surface area contributed by atoms with E-state index >= 15 is 0 Å². The van der Waals surface area contributed by atoms with Gasteiger partial charge in [0.15, 0.2) is 5.78 Å². The van der Waals surface area contributed by atoms with Crippen molar-refractivity contribution in [3.05, 3.63) is 57.6 Å². The molecule has 0 unspecified atom stereocenters. The van der Waals surface area contributed by atoms with Crippen LogP contribution in [0.2, 0.25) is 10.0 Å². The van der Waals surface area contributed by atoms with Crippen LogP contribution in [0.4, 0.5) is 5.69 Å². The van der Waals surface area contributed by atoms with Crippen molar-refractivity contribution in [3.8, 4) is 5.75 Å². The molecule has 0 saturated heterocycles. The maximum Gasteiger partial charge on any atom is 0.337 e. The number of rotatable bonds is 7. The molecule has 2 N–H and O–H groups in total. The zero-order chi connectivity index (χ0) is 19.3. The van der Waals surface area contributed by atoms with Gasteiger partial charge in [-0.2, -0.15) is 0 Å². The number of hydrogen-bond donors (Lipinski definition) is 2. The van der Waals surface area contributed by atoms with Gasteiger partial charge >= 0.3 is 5.97 Å². The van der Waals surface area contributed by atoms with Crippen LogP contribution in [-0.4, -0.2) is 29.9 Å². The number of carbonyl (C=O) groups is 3. The second-order valence-electron chi connectivity index (χ2n) is 5.32. The molecule has 0 saturated carbocycles. The first-order chi connectivity index (χ1) is 12.3. The van der Waals surface area contributed by atoms with Gasteiger partial charge in [0.2, 0.25) is 5.91 Å². The van der Waals surface area contributed by atoms with Crippen LogP contribution in [0.3, 0.4) is 0 Å². The molecule has 0 fully saturated rings. The Kier molecular flexibility index (Phi) is 6.60. The van der Waals surface area contributed by atoms with E-state index in [1.165, 1.54) is 31.4 Å². The normalized spacial score (nSPS) is 10.3. The van der Waals surface area contributed by atoms with Gasteiger partial charge in [-0.1, -0.05) is 23.2 Å². The van der Waals surface area contributed by atoms with Crippen LogP contribution in [-0.2, 0) is 4.79 Å². The summed E-state index contributed by atoms with van der Waals surface area (Å²) < 4.78 is 5.12. The minimum Gasteiger partial charge on any atom is -0.496 e. The lowest BCUT2D eigenvalue weighted by Gasteiger charge is -2.09. The van der Waals surface area contributed by atoms with Gasteiger partial charge in [-0.25, -0.2) is 4.79 Å². The van der Waals surface area contributed by atoms with Crippen molar-refractivity contribution in [2.24, 2.45) is 0 Å². The highest BCUT2D eigenvalue weighted by molar-refractivity contribution is 6.33. The summed E-state index contributed by atoms with van der Waals surface area (Å²) >= 11 is 11.7. The van der Waals surface area contributed by atoms with Crippen LogP contribution in [0, 0.1) is 0 Å². The van der Waals surface area contributed by atoms with Crippen LogP contribution in [0.15, 0.2) is 36.4 Å². The van der Waals surface area contributed by atoms with Crippen LogP contribution < -0.4 is 10.1 Å². The lowest BCUT2D eigenvalue weighted by molar-refractivity contribution is -0.116. The van der Waals surface area contributed by atoms with Gasteiger partial charge in [0.1, 0.15) is 5.75 Å². The molecule has 1 amide bonds. The predicted octanol–water partition coefficient (Wildman–Crippen LogP) is 4.30. The van der Waals surface area contributed by atoms with E-state index in [0.29, 0.717) is 16.3 Å². The Bertz CT molecular complexity index is 867. The van der Waals surface area contributed by atoms with E-state index in [-0.39, 0.29) is 34.9 Å². The van der Waals surface area contributed by atoms with Crippen molar-refractivity contribution >= 4 is 46.5 Å². The molecule has 0 aromatic heterocycles. The molecule has 26 heavy (non-hydrogen) atoms. The molecule has 8 heteroatoms. The molecule has 6 nitrogen and oxygen atoms in total. The van der Waals surface area contributed by atoms with Crippen LogP contribution in [0.25, 0.3) is 0 Å². The van der Waals surface area contributed by atoms with Crippen molar-refractivity contribution in [2.45, 2.75) is 12.8 Å². The number of hydrogen-bond acceptors (Lipinski definition) is 4. The molecule has 0 heterocycles. The summed E-state index contributed by atoms with van der Waals surface area (Å²) in [6.45, 7) is 0. The Balaban J connectivity index is 2.01. The van der Waals surface area contributed by atoms with Gasteiger partial charge < -0.3 is 15.2 Å². The number of carboxylic acids is 1. The number of ketones is 1. The maximum absolute atomic E-state index is 12.3. The van der Waals surface area contributed by atoms with E-state index in [0.717, 1.165) is 0 Å². The molecule has 0 aliphatic rings. The quantitative estimate of drug-likeness (QED) is 0.681. The summed E-state index contributed by atoms with van der Waals surface area (Å²) in [4.78, 5) is 35.4. The first-order valence-corrected chi connectivity index (χ1v) is 8.27. The molecule has 0 aliphatic carbocycles. The lowest BCUT2D eigenvalue weighted by atomic mass is 10.1. The number of methoxy groups -OCH3 is 1. The first kappa shape index (κ1) is 19.8. The molecular weight excluding hydrogens is 381 g/mol. The third-order valence-corrected chi connectivity index (χ3v) is 4.09. The lowest BCUT2D eigenvalue weighted by Crippen LogP contribution is -2.14. The first-order valence-electron chi connectivity index (χ1n) is 7.51. The molecule has 2 aromatic carbocycles. The minimum atomic E-state index is -1.20. The highest BCUT2D eigenvalue weighted by atomic mass is 35.5. The second-order valence-corrected chi connectivity index (χ2v) is 6.16. The standard InChI is InChI=1S/C18H15Cl2NO5/c1-26-16-6-2-10(19)8-13(16)15(22)5-7-17(23)21-11-3-4-14(20)12(9-11)18(24)25/h2-4,6,8-9H,5,7H2,1H3,(H,21,23)(H,24,25). The number of aromatic carboxylic acids is 1. The number of nitrogens with one attached hydrogen (secondary N) is 1. The average Bonchev–Trinajstić information content (AvgIpc) is 2.61. The molecule has 2 rings (SSSR count). The summed E-state index contributed by atoms with van der Waals surface area (Å²) in [5.41, 5.74) is 0.459. The van der Waals surface area contributed by atoms with E-state index in [4.69, 9.17) is 33.0 Å². The number of anilines is 1. The van der Waals surface area contributed by atoms with Crippen LogP contribution in [0.1, 0.15) is 33.6 Å². The smallest absolute Gasteiger partial charge is 0.337 e. The number of halogens is 2. The number of carbonyl (C=O) groups excluding carboxylic acids is 2. The highest BCUT2D eigenvalue weighted by Gasteiger charge is 2.15. The predicted molar refractivity (Wildman–Crippen MR) is 98.6 cm³/mol. The number of Topliss-reactive ketones (excluding diaryl/α,β-unsaturated/α-hetero) is 1. The number of ether oxygens (including phenoxy) is 1. The Morgan fingerprint density at radius 1 is 1.04 bits per heavy atom. The van der Waals surface area contributed by atoms with Gasteiger partial charge in [-0.05, 0) is 36.4 Å². The third kappa shape index (κ3) is 4.97. The van der Waals surface area contributed by atoms with E-state index in [1.807, 2.05) is 0 Å². The molecule has 0 bridgehead atoms. The van der Waals surface area contributed by atoms with E-state index in [1.54, 1.807) is 12.1 Å². The fourth-order valence-corrected chi connectivity index (χ4v) is 2.62. The van der Waals surface area contributed by atoms with Crippen molar-refractivity contribution < 1.29 is 24.2 Å². The Labute approximate surface area is 159 Å². The molecular formula is C18H15Cl2NO5. The molecule has 0 radical (unpaired) electrons. The molecule has 0 aliphatic heterocycles. The SMILES string of the molecule is COc1ccc(Cl)cc1C(=O)CCC(=O)Nc1ccc(Cl)c(C(=O)O)c1. The second kappa shape index (κ2) is 8.69. The third-order valence-electron chi connectivity index (χ3n) is 3.52. The molecule has 0 atom stereocenters. The van der Waals surface area contributed by atoms with E-state index < -0.39 is 11.9 Å². The van der Waals surface area contributed by atoms with Crippen LogP contribution >= 0.6 is 23.2 Å². The summed E-state index contributed by atoms with van der Waals surface area (Å²) in [5, 5.41) is 12.0. The maximum atomic E-state index is 12.3. The van der Waals surface area contributed by atoms with Gasteiger partial charge in [0.05, 0.1) is 23.3 Å². The van der Waals surface area contributed by atoms with Crippen molar-refractivity contribution in [1.29, 1.82) is 0 Å². The monoisotopic (exact) mass is 395 g/mol. The Morgan fingerprint density at radius 2 is 1.77 bits per heavy atom. The topological polar surface area (TPSA) is 92.7 Å². The number of amides is 1. The van der Waals surface area contributed by atoms with Crippen molar-refractivity contribution in [1.82, 2.24) is 0 Å². The minimum absolute atomic E-state index is 0.0537. The number of benzene rings is 2. The zero-order valence-corrected chi connectivity index (χ0v) is 15.2. The Hall–Kier alpha value is -2.57. The highest BCUT2D eigenvalue weighted by Crippen LogP contribution is 2.25. The fraction of sp³-hybridized carbons (Fsp3) is 0.167. The van der Waals surface area contributed by atoms with E-state index in [2.05, 4.69) is 5.32 Å². The summed E-state index contributed by atoms with van der Waals surface area (Å²) in [7, 11) is 1.44. The van der Waals surface area contributed by atoms with Crippen molar-refractivity contribution in [3.63, 3.8) is 0 Å². The molecule has 2 aromatic rings. The number of carboxylic acid groups (broad SMARTS) is 1. The molecule has 0 spiro atoms. The zero-order valence-electron chi connectivity index (χ0n) is 13.7. The van der Waals surface area contributed by atoms with Gasteiger partial charge in [-0.3, -0.25) is 9.59 Å². The summed E-state index contributed by atoms with van der Waals surface area (Å²) in [6, 6.07) is 8.78. The van der Waals surface area contributed by atoms with E-state index in [9.17, 15) is 14.4 Å². The average molecular weight is 396 g/mol. The fourth-order valence-electron chi connectivity index (χ4n) is 2.25. The van der Waals surface area contributed by atoms with Crippen LogP contribution in [0.5, 0.6) is 5.75 Å². The summed E-state index contributed by atoms with van der Waals surface area (Å²) in [6.07, 6.45) is -0.137. The molecule has 136 valence electrons. The van der Waals surface area contributed by atoms with Crippen molar-refractivity contribution in [2.75, 3.05) is 12.4 Å². The van der Waals surface area contributed by atoms with Gasteiger partial charge in [0, 0.05) is 23.6 Å². The largest absolute Gasteiger partial charge is 0.496 e. The van der Waals surface area contributed by atoms with Gasteiger partial charge in [-0.15, -0.1) is 0 Å². The van der Waals surface area contributed by atoms with Gasteiger partial charge in [0.25, 0.3) is 0 Å². The Morgan fingerprint density at radius 3 is 2.42 bits per heavy atom. The summed E-state index contributed by atoms with van der Waals surface area (Å²) in [5.74, 6) is -1.54.